The molecule has 0 aliphatic rings. The molecule has 0 unspecified atom stereocenters. The van der Waals surface area contributed by atoms with Crippen LogP contribution in [0.3, 0.4) is 0 Å². The van der Waals surface area contributed by atoms with Gasteiger partial charge in [-0.05, 0) is 44.9 Å². The molecule has 0 spiro atoms. The van der Waals surface area contributed by atoms with Gasteiger partial charge in [-0.2, -0.15) is 0 Å². The van der Waals surface area contributed by atoms with Crippen LogP contribution in [0.1, 0.15) is 25.0 Å². The lowest BCUT2D eigenvalue weighted by atomic mass is 10.1. The van der Waals surface area contributed by atoms with Crippen LogP contribution in [0.5, 0.6) is 5.75 Å². The summed E-state index contributed by atoms with van der Waals surface area (Å²) in [6.45, 7) is 7.78. The summed E-state index contributed by atoms with van der Waals surface area (Å²) in [5.74, 6) is -0.250. The highest BCUT2D eigenvalue weighted by molar-refractivity contribution is 5.75. The molecule has 0 saturated heterocycles. The summed E-state index contributed by atoms with van der Waals surface area (Å²) in [7, 11) is 0. The zero-order valence-electron chi connectivity index (χ0n) is 12.8. The van der Waals surface area contributed by atoms with E-state index in [2.05, 4.69) is 5.32 Å². The van der Waals surface area contributed by atoms with Gasteiger partial charge >= 0.3 is 0 Å². The Morgan fingerprint density at radius 3 is 2.52 bits per heavy atom. The van der Waals surface area contributed by atoms with Crippen molar-refractivity contribution in [2.24, 2.45) is 0 Å². The number of nitrogens with one attached hydrogen (secondary N) is 1. The van der Waals surface area contributed by atoms with E-state index in [1.807, 2.05) is 45.9 Å². The molecule has 0 amide bonds. The van der Waals surface area contributed by atoms with E-state index in [0.717, 1.165) is 11.3 Å². The number of anilines is 3. The SMILES string of the molecule is Cc1cccc(Nc2cc(OC(C)C)c(F)cc2N)c1C. The molecule has 4 heteroatoms. The molecule has 0 atom stereocenters. The summed E-state index contributed by atoms with van der Waals surface area (Å²) in [4.78, 5) is 0. The minimum Gasteiger partial charge on any atom is -0.488 e. The Kier molecular flexibility index (Phi) is 4.36. The maximum Gasteiger partial charge on any atom is 0.167 e. The minimum atomic E-state index is -0.451. The number of nitrogens with two attached hydrogens (primary N) is 1. The third-order valence-corrected chi connectivity index (χ3v) is 3.34. The lowest BCUT2D eigenvalue weighted by molar-refractivity contribution is 0.231. The van der Waals surface area contributed by atoms with Crippen LogP contribution < -0.4 is 15.8 Å². The zero-order valence-corrected chi connectivity index (χ0v) is 12.8. The van der Waals surface area contributed by atoms with Crippen LogP contribution in [0.15, 0.2) is 30.3 Å². The average molecular weight is 288 g/mol. The van der Waals surface area contributed by atoms with E-state index in [1.54, 1.807) is 6.07 Å². The van der Waals surface area contributed by atoms with Gasteiger partial charge in [0.05, 0.1) is 17.5 Å². The van der Waals surface area contributed by atoms with E-state index in [0.29, 0.717) is 11.4 Å². The number of rotatable bonds is 4. The second-order valence-electron chi connectivity index (χ2n) is 5.41. The van der Waals surface area contributed by atoms with E-state index in [-0.39, 0.29) is 11.9 Å². The number of hydrogen-bond acceptors (Lipinski definition) is 3. The van der Waals surface area contributed by atoms with Crippen LogP contribution in [0.4, 0.5) is 21.5 Å². The van der Waals surface area contributed by atoms with Gasteiger partial charge < -0.3 is 15.8 Å². The highest BCUT2D eigenvalue weighted by Crippen LogP contribution is 2.32. The molecule has 21 heavy (non-hydrogen) atoms. The molecule has 0 aromatic heterocycles. The van der Waals surface area contributed by atoms with Crippen LogP contribution in [0, 0.1) is 19.7 Å². The van der Waals surface area contributed by atoms with Gasteiger partial charge in [-0.15, -0.1) is 0 Å². The number of hydrogen-bond donors (Lipinski definition) is 2. The second kappa shape index (κ2) is 6.04. The zero-order chi connectivity index (χ0) is 15.6. The Labute approximate surface area is 124 Å². The fourth-order valence-electron chi connectivity index (χ4n) is 2.05. The molecule has 0 aliphatic heterocycles. The standard InChI is InChI=1S/C17H21FN2O/c1-10(2)21-17-9-16(14(19)8-13(17)18)20-15-7-5-6-11(3)12(15)4/h5-10,20H,19H2,1-4H3. The molecule has 0 aliphatic carbocycles. The summed E-state index contributed by atoms with van der Waals surface area (Å²) in [6, 6.07) is 8.86. The van der Waals surface area contributed by atoms with Gasteiger partial charge in [-0.1, -0.05) is 12.1 Å². The summed E-state index contributed by atoms with van der Waals surface area (Å²) in [6.07, 6.45) is -0.100. The van der Waals surface area contributed by atoms with Gasteiger partial charge in [0.2, 0.25) is 0 Å². The first kappa shape index (κ1) is 15.2. The van der Waals surface area contributed by atoms with Crippen molar-refractivity contribution in [3.63, 3.8) is 0 Å². The number of nitrogen functional groups attached to an aromatic ring is 1. The lowest BCUT2D eigenvalue weighted by Gasteiger charge is -2.16. The maximum atomic E-state index is 13.8. The summed E-state index contributed by atoms with van der Waals surface area (Å²) in [5, 5.41) is 3.25. The molecule has 0 saturated carbocycles. The predicted molar refractivity (Wildman–Crippen MR) is 85.8 cm³/mol. The predicted octanol–water partition coefficient (Wildman–Crippen LogP) is 4.56. The first-order valence-corrected chi connectivity index (χ1v) is 6.97. The fourth-order valence-corrected chi connectivity index (χ4v) is 2.05. The molecule has 3 nitrogen and oxygen atoms in total. The topological polar surface area (TPSA) is 47.3 Å². The van der Waals surface area contributed by atoms with Crippen LogP contribution in [-0.2, 0) is 0 Å². The van der Waals surface area contributed by atoms with Crippen LogP contribution in [-0.4, -0.2) is 6.10 Å². The lowest BCUT2D eigenvalue weighted by Crippen LogP contribution is -2.08. The van der Waals surface area contributed by atoms with Crippen LogP contribution >= 0.6 is 0 Å². The second-order valence-corrected chi connectivity index (χ2v) is 5.41. The monoisotopic (exact) mass is 288 g/mol. The molecule has 2 aromatic carbocycles. The van der Waals surface area contributed by atoms with Crippen molar-refractivity contribution in [3.8, 4) is 5.75 Å². The van der Waals surface area contributed by atoms with Gasteiger partial charge in [0.15, 0.2) is 11.6 Å². The van der Waals surface area contributed by atoms with E-state index in [1.165, 1.54) is 11.6 Å². The van der Waals surface area contributed by atoms with Gasteiger partial charge in [0, 0.05) is 17.8 Å². The molecule has 2 rings (SSSR count). The van der Waals surface area contributed by atoms with Crippen molar-refractivity contribution in [1.82, 2.24) is 0 Å². The Bertz CT molecular complexity index is 653. The number of ether oxygens (including phenoxy) is 1. The Morgan fingerprint density at radius 1 is 1.14 bits per heavy atom. The van der Waals surface area contributed by atoms with E-state index < -0.39 is 5.82 Å². The number of halogens is 1. The Morgan fingerprint density at radius 2 is 1.86 bits per heavy atom. The van der Waals surface area contributed by atoms with E-state index in [9.17, 15) is 4.39 Å². The van der Waals surface area contributed by atoms with Gasteiger partial charge in [0.1, 0.15) is 0 Å². The maximum absolute atomic E-state index is 13.8. The molecule has 112 valence electrons. The Balaban J connectivity index is 2.37. The van der Waals surface area contributed by atoms with Crippen molar-refractivity contribution in [1.29, 1.82) is 0 Å². The molecule has 0 bridgehead atoms. The molecule has 2 aromatic rings. The Hall–Kier alpha value is -2.23. The van der Waals surface area contributed by atoms with Crippen LogP contribution in [0.2, 0.25) is 0 Å². The molecular weight excluding hydrogens is 267 g/mol. The van der Waals surface area contributed by atoms with Gasteiger partial charge in [0.25, 0.3) is 0 Å². The minimum absolute atomic E-state index is 0.100. The summed E-state index contributed by atoms with van der Waals surface area (Å²) in [5.41, 5.74) is 10.1. The average Bonchev–Trinajstić information content (AvgIpc) is 2.40. The largest absolute Gasteiger partial charge is 0.488 e. The van der Waals surface area contributed by atoms with Gasteiger partial charge in [-0.25, -0.2) is 4.39 Å². The van der Waals surface area contributed by atoms with E-state index in [4.69, 9.17) is 10.5 Å². The summed E-state index contributed by atoms with van der Waals surface area (Å²) < 4.78 is 19.3. The first-order valence-electron chi connectivity index (χ1n) is 6.97. The fraction of sp³-hybridized carbons (Fsp3) is 0.294. The van der Waals surface area contributed by atoms with Crippen molar-refractivity contribution in [2.75, 3.05) is 11.1 Å². The molecule has 0 fully saturated rings. The number of aryl methyl sites for hydroxylation is 1. The highest BCUT2D eigenvalue weighted by atomic mass is 19.1. The molecule has 0 heterocycles. The van der Waals surface area contributed by atoms with Crippen LogP contribution in [0.25, 0.3) is 0 Å². The van der Waals surface area contributed by atoms with Gasteiger partial charge in [-0.3, -0.25) is 0 Å². The molecule has 3 N–H and O–H groups in total. The quantitative estimate of drug-likeness (QED) is 0.811. The smallest absolute Gasteiger partial charge is 0.167 e. The number of benzene rings is 2. The molecular formula is C17H21FN2O. The van der Waals surface area contributed by atoms with Crippen molar-refractivity contribution in [3.05, 3.63) is 47.3 Å². The van der Waals surface area contributed by atoms with Crippen molar-refractivity contribution in [2.45, 2.75) is 33.8 Å². The van der Waals surface area contributed by atoms with E-state index >= 15 is 0 Å². The third kappa shape index (κ3) is 3.45. The highest BCUT2D eigenvalue weighted by Gasteiger charge is 2.11. The third-order valence-electron chi connectivity index (χ3n) is 3.34. The summed E-state index contributed by atoms with van der Waals surface area (Å²) >= 11 is 0. The normalized spacial score (nSPS) is 10.8. The van der Waals surface area contributed by atoms with Crippen molar-refractivity contribution < 1.29 is 9.13 Å². The van der Waals surface area contributed by atoms with Crippen molar-refractivity contribution >= 4 is 17.1 Å². The molecule has 0 radical (unpaired) electrons. The first-order chi connectivity index (χ1) is 9.88.